The van der Waals surface area contributed by atoms with Crippen LogP contribution in [0.3, 0.4) is 0 Å². The summed E-state index contributed by atoms with van der Waals surface area (Å²) in [6.07, 6.45) is 0.731. The summed E-state index contributed by atoms with van der Waals surface area (Å²) in [6.45, 7) is 4.59. The summed E-state index contributed by atoms with van der Waals surface area (Å²) in [5, 5.41) is 0. The number of rotatable bonds is 1. The van der Waals surface area contributed by atoms with Crippen molar-refractivity contribution in [3.8, 4) is 0 Å². The Morgan fingerprint density at radius 1 is 1.13 bits per heavy atom. The van der Waals surface area contributed by atoms with Crippen molar-refractivity contribution in [3.05, 3.63) is 29.3 Å². The zero-order valence-electron chi connectivity index (χ0n) is 9.03. The van der Waals surface area contributed by atoms with Gasteiger partial charge in [0.15, 0.2) is 0 Å². The van der Waals surface area contributed by atoms with E-state index in [-0.39, 0.29) is 5.75 Å². The summed E-state index contributed by atoms with van der Waals surface area (Å²) in [5.41, 5.74) is 3.02. The van der Waals surface area contributed by atoms with Crippen LogP contribution in [0.1, 0.15) is 17.5 Å². The molecule has 1 saturated heterocycles. The molecule has 0 bridgehead atoms. The van der Waals surface area contributed by atoms with E-state index in [4.69, 9.17) is 0 Å². The van der Waals surface area contributed by atoms with E-state index in [1.54, 1.807) is 0 Å². The number of anilines is 1. The van der Waals surface area contributed by atoms with Gasteiger partial charge in [0.2, 0.25) is 10.0 Å². The molecular weight excluding hydrogens is 210 g/mol. The monoisotopic (exact) mass is 225 g/mol. The first kappa shape index (κ1) is 10.5. The average molecular weight is 225 g/mol. The topological polar surface area (TPSA) is 37.4 Å². The molecule has 1 aliphatic rings. The van der Waals surface area contributed by atoms with Crippen molar-refractivity contribution in [3.63, 3.8) is 0 Å². The molecule has 1 fully saturated rings. The molecule has 1 aromatic carbocycles. The fourth-order valence-electron chi connectivity index (χ4n) is 2.02. The van der Waals surface area contributed by atoms with Crippen molar-refractivity contribution < 1.29 is 8.42 Å². The van der Waals surface area contributed by atoms with Crippen LogP contribution in [0.15, 0.2) is 18.2 Å². The predicted molar refractivity (Wildman–Crippen MR) is 61.7 cm³/mol. The largest absolute Gasteiger partial charge is 0.270 e. The van der Waals surface area contributed by atoms with Crippen LogP contribution in [0.5, 0.6) is 0 Å². The lowest BCUT2D eigenvalue weighted by molar-refractivity contribution is 0.599. The minimum absolute atomic E-state index is 0.278. The summed E-state index contributed by atoms with van der Waals surface area (Å²) < 4.78 is 24.9. The molecule has 0 aromatic heterocycles. The number of hydrogen-bond donors (Lipinski definition) is 0. The lowest BCUT2D eigenvalue weighted by atomic mass is 10.1. The molecule has 0 N–H and O–H groups in total. The SMILES string of the molecule is Cc1cc(C)cc(N2CCCS2(=O)=O)c1. The number of hydrogen-bond acceptors (Lipinski definition) is 2. The maximum Gasteiger partial charge on any atom is 0.235 e. The second-order valence-electron chi connectivity index (χ2n) is 4.09. The number of benzene rings is 1. The third kappa shape index (κ3) is 2.00. The lowest BCUT2D eigenvalue weighted by Crippen LogP contribution is -2.25. The fourth-order valence-corrected chi connectivity index (χ4v) is 3.57. The molecule has 0 saturated carbocycles. The van der Waals surface area contributed by atoms with Gasteiger partial charge in [-0.05, 0) is 43.5 Å². The van der Waals surface area contributed by atoms with Gasteiger partial charge in [-0.2, -0.15) is 0 Å². The van der Waals surface area contributed by atoms with E-state index in [9.17, 15) is 8.42 Å². The van der Waals surface area contributed by atoms with Gasteiger partial charge in [0.1, 0.15) is 0 Å². The van der Waals surface area contributed by atoms with E-state index in [1.807, 2.05) is 32.0 Å². The van der Waals surface area contributed by atoms with Gasteiger partial charge in [-0.3, -0.25) is 4.31 Å². The van der Waals surface area contributed by atoms with Gasteiger partial charge in [-0.15, -0.1) is 0 Å². The standard InChI is InChI=1S/C11H15NO2S/c1-9-6-10(2)8-11(7-9)12-4-3-5-15(12,13)14/h6-8H,3-5H2,1-2H3. The molecule has 0 amide bonds. The Bertz CT molecular complexity index is 459. The second-order valence-corrected chi connectivity index (χ2v) is 6.10. The average Bonchev–Trinajstić information content (AvgIpc) is 2.43. The first-order chi connectivity index (χ1) is 6.99. The van der Waals surface area contributed by atoms with Crippen LogP contribution >= 0.6 is 0 Å². The Morgan fingerprint density at radius 3 is 2.20 bits per heavy atom. The fraction of sp³-hybridized carbons (Fsp3) is 0.455. The number of aryl methyl sites for hydroxylation is 2. The zero-order chi connectivity index (χ0) is 11.1. The van der Waals surface area contributed by atoms with E-state index in [0.29, 0.717) is 6.54 Å². The molecular formula is C11H15NO2S. The van der Waals surface area contributed by atoms with Gasteiger partial charge in [0.25, 0.3) is 0 Å². The quantitative estimate of drug-likeness (QED) is 0.731. The van der Waals surface area contributed by atoms with Gasteiger partial charge in [-0.1, -0.05) is 6.07 Å². The third-order valence-electron chi connectivity index (χ3n) is 2.59. The van der Waals surface area contributed by atoms with Gasteiger partial charge in [-0.25, -0.2) is 8.42 Å². The summed E-state index contributed by atoms with van der Waals surface area (Å²) in [6, 6.07) is 5.90. The summed E-state index contributed by atoms with van der Waals surface area (Å²) in [5.74, 6) is 0.278. The van der Waals surface area contributed by atoms with E-state index in [0.717, 1.165) is 23.2 Å². The number of sulfonamides is 1. The molecule has 1 aliphatic heterocycles. The van der Waals surface area contributed by atoms with E-state index >= 15 is 0 Å². The molecule has 0 aliphatic carbocycles. The van der Waals surface area contributed by atoms with Crippen LogP contribution in [0, 0.1) is 13.8 Å². The van der Waals surface area contributed by atoms with Crippen molar-refractivity contribution in [1.82, 2.24) is 0 Å². The van der Waals surface area contributed by atoms with Gasteiger partial charge >= 0.3 is 0 Å². The zero-order valence-corrected chi connectivity index (χ0v) is 9.84. The van der Waals surface area contributed by atoms with Crippen LogP contribution in [0.25, 0.3) is 0 Å². The Hall–Kier alpha value is -1.03. The first-order valence-corrected chi connectivity index (χ1v) is 6.69. The Kier molecular flexibility index (Phi) is 2.46. The highest BCUT2D eigenvalue weighted by Gasteiger charge is 2.28. The second kappa shape index (κ2) is 3.52. The molecule has 0 atom stereocenters. The Balaban J connectivity index is 2.46. The van der Waals surface area contributed by atoms with E-state index < -0.39 is 10.0 Å². The third-order valence-corrected chi connectivity index (χ3v) is 4.46. The molecule has 0 radical (unpaired) electrons. The van der Waals surface area contributed by atoms with Crippen molar-refractivity contribution in [2.45, 2.75) is 20.3 Å². The Labute approximate surface area is 90.8 Å². The molecule has 1 aromatic rings. The summed E-state index contributed by atoms with van der Waals surface area (Å²) in [4.78, 5) is 0. The molecule has 0 unspecified atom stereocenters. The van der Waals surface area contributed by atoms with Crippen molar-refractivity contribution in [2.75, 3.05) is 16.6 Å². The first-order valence-electron chi connectivity index (χ1n) is 5.08. The molecule has 1 heterocycles. The van der Waals surface area contributed by atoms with Crippen LogP contribution in [0.2, 0.25) is 0 Å². The molecule has 82 valence electrons. The Morgan fingerprint density at radius 2 is 1.73 bits per heavy atom. The highest BCUT2D eigenvalue weighted by Crippen LogP contribution is 2.25. The lowest BCUT2D eigenvalue weighted by Gasteiger charge is -2.17. The van der Waals surface area contributed by atoms with E-state index in [1.165, 1.54) is 4.31 Å². The molecule has 3 nitrogen and oxygen atoms in total. The van der Waals surface area contributed by atoms with Crippen LogP contribution in [-0.4, -0.2) is 20.7 Å². The molecule has 4 heteroatoms. The van der Waals surface area contributed by atoms with Crippen molar-refractivity contribution in [2.24, 2.45) is 0 Å². The van der Waals surface area contributed by atoms with Crippen LogP contribution in [0.4, 0.5) is 5.69 Å². The predicted octanol–water partition coefficient (Wildman–Crippen LogP) is 1.84. The highest BCUT2D eigenvalue weighted by atomic mass is 32.2. The van der Waals surface area contributed by atoms with Crippen molar-refractivity contribution in [1.29, 1.82) is 0 Å². The summed E-state index contributed by atoms with van der Waals surface area (Å²) in [7, 11) is -3.04. The smallest absolute Gasteiger partial charge is 0.235 e. The van der Waals surface area contributed by atoms with Gasteiger partial charge < -0.3 is 0 Å². The van der Waals surface area contributed by atoms with Crippen molar-refractivity contribution >= 4 is 15.7 Å². The van der Waals surface area contributed by atoms with Gasteiger partial charge in [0, 0.05) is 6.54 Å². The number of nitrogens with zero attached hydrogens (tertiary/aromatic N) is 1. The maximum atomic E-state index is 11.7. The summed E-state index contributed by atoms with van der Waals surface area (Å²) >= 11 is 0. The van der Waals surface area contributed by atoms with Crippen LogP contribution in [-0.2, 0) is 10.0 Å². The minimum Gasteiger partial charge on any atom is -0.270 e. The van der Waals surface area contributed by atoms with Gasteiger partial charge in [0.05, 0.1) is 11.4 Å². The molecule has 0 spiro atoms. The van der Waals surface area contributed by atoms with E-state index in [2.05, 4.69) is 0 Å². The maximum absolute atomic E-state index is 11.7. The normalized spacial score (nSPS) is 19.5. The minimum atomic E-state index is -3.04. The molecule has 2 rings (SSSR count). The van der Waals surface area contributed by atoms with Crippen LogP contribution < -0.4 is 4.31 Å². The highest BCUT2D eigenvalue weighted by molar-refractivity contribution is 7.93. The molecule has 15 heavy (non-hydrogen) atoms.